The molecule has 4 aromatic rings. The van der Waals surface area contributed by atoms with E-state index < -0.39 is 0 Å². The molecule has 37 heavy (non-hydrogen) atoms. The van der Waals surface area contributed by atoms with Crippen LogP contribution in [0.5, 0.6) is 0 Å². The molecule has 0 saturated carbocycles. The zero-order valence-electron chi connectivity index (χ0n) is 19.4. The lowest BCUT2D eigenvalue weighted by Gasteiger charge is -2.11. The van der Waals surface area contributed by atoms with Crippen molar-refractivity contribution in [1.29, 1.82) is 0 Å². The van der Waals surface area contributed by atoms with Crippen LogP contribution in [0.15, 0.2) is 107 Å². The normalized spacial score (nSPS) is 11.0. The molecule has 0 aromatic heterocycles. The van der Waals surface area contributed by atoms with E-state index in [1.165, 1.54) is 12.4 Å². The molecule has 0 aliphatic carbocycles. The van der Waals surface area contributed by atoms with Gasteiger partial charge in [-0.1, -0.05) is 59.6 Å². The fraction of sp³-hybridized carbons (Fsp3) is 0. The minimum atomic E-state index is -0.372. The van der Waals surface area contributed by atoms with E-state index in [4.69, 9.17) is 23.2 Å². The first-order chi connectivity index (χ1) is 18.0. The molecular formula is C28H21Cl2N5O2. The summed E-state index contributed by atoms with van der Waals surface area (Å²) in [7, 11) is 0. The van der Waals surface area contributed by atoms with Crippen LogP contribution in [0, 0.1) is 0 Å². The van der Waals surface area contributed by atoms with Crippen molar-refractivity contribution in [2.24, 2.45) is 10.2 Å². The van der Waals surface area contributed by atoms with Crippen molar-refractivity contribution < 1.29 is 9.59 Å². The monoisotopic (exact) mass is 529 g/mol. The molecule has 0 aliphatic heterocycles. The van der Waals surface area contributed by atoms with Crippen molar-refractivity contribution in [1.82, 2.24) is 10.9 Å². The summed E-state index contributed by atoms with van der Waals surface area (Å²) in [6.45, 7) is 0. The Balaban J connectivity index is 1.36. The third-order valence-electron chi connectivity index (χ3n) is 5.10. The average Bonchev–Trinajstić information content (AvgIpc) is 2.91. The number of hydrogen-bond donors (Lipinski definition) is 3. The molecule has 0 fully saturated rings. The Morgan fingerprint density at radius 3 is 1.70 bits per heavy atom. The Morgan fingerprint density at radius 1 is 0.622 bits per heavy atom. The number of amides is 2. The van der Waals surface area contributed by atoms with Gasteiger partial charge >= 0.3 is 0 Å². The summed E-state index contributed by atoms with van der Waals surface area (Å²) >= 11 is 11.7. The molecule has 0 radical (unpaired) electrons. The van der Waals surface area contributed by atoms with Gasteiger partial charge in [0.1, 0.15) is 0 Å². The first-order valence-corrected chi connectivity index (χ1v) is 11.9. The van der Waals surface area contributed by atoms with Gasteiger partial charge in [-0.25, -0.2) is 10.9 Å². The second kappa shape index (κ2) is 12.5. The molecule has 0 saturated heterocycles. The third kappa shape index (κ3) is 7.51. The summed E-state index contributed by atoms with van der Waals surface area (Å²) in [5, 5.41) is 12.4. The van der Waals surface area contributed by atoms with Gasteiger partial charge in [0.05, 0.1) is 23.7 Å². The number of rotatable bonds is 8. The highest BCUT2D eigenvalue weighted by Gasteiger charge is 2.11. The van der Waals surface area contributed by atoms with E-state index in [0.717, 1.165) is 11.1 Å². The number of carbonyl (C=O) groups excluding carboxylic acids is 2. The standard InChI is InChI=1S/C28H21Cl2N5O2/c29-22-11-5-19(6-12-22)17-31-34-27(36)21-9-15-24(16-10-21)33-26-4-2-1-3-25(26)28(37)35-32-18-20-7-13-23(30)14-8-20/h1-18,33H,(H,34,36)(H,35,37)/b31-17+,32-18+. The molecule has 4 rings (SSSR count). The van der Waals surface area contributed by atoms with Gasteiger partial charge in [-0.15, -0.1) is 0 Å². The number of hydrogen-bond acceptors (Lipinski definition) is 5. The molecule has 9 heteroatoms. The topological polar surface area (TPSA) is 95.0 Å². The van der Waals surface area contributed by atoms with E-state index in [0.29, 0.717) is 32.5 Å². The number of carbonyl (C=O) groups is 2. The molecule has 2 amide bonds. The highest BCUT2D eigenvalue weighted by molar-refractivity contribution is 6.30. The zero-order valence-corrected chi connectivity index (χ0v) is 20.9. The molecule has 0 spiro atoms. The van der Waals surface area contributed by atoms with Gasteiger partial charge < -0.3 is 5.32 Å². The van der Waals surface area contributed by atoms with Gasteiger partial charge in [0.2, 0.25) is 0 Å². The summed E-state index contributed by atoms with van der Waals surface area (Å²) < 4.78 is 0. The summed E-state index contributed by atoms with van der Waals surface area (Å²) in [4.78, 5) is 25.1. The van der Waals surface area contributed by atoms with Crippen LogP contribution in [0.1, 0.15) is 31.8 Å². The second-order valence-electron chi connectivity index (χ2n) is 7.75. The van der Waals surface area contributed by atoms with E-state index in [1.807, 2.05) is 6.07 Å². The number of anilines is 2. The van der Waals surface area contributed by atoms with E-state index in [9.17, 15) is 9.59 Å². The summed E-state index contributed by atoms with van der Waals surface area (Å²) in [6, 6.07) is 28.0. The maximum Gasteiger partial charge on any atom is 0.273 e. The number of nitrogens with zero attached hydrogens (tertiary/aromatic N) is 2. The van der Waals surface area contributed by atoms with E-state index in [1.54, 1.807) is 91.0 Å². The number of hydrazone groups is 2. The Morgan fingerprint density at radius 2 is 1.14 bits per heavy atom. The van der Waals surface area contributed by atoms with Gasteiger partial charge in [-0.05, 0) is 71.8 Å². The molecule has 3 N–H and O–H groups in total. The van der Waals surface area contributed by atoms with Gasteiger partial charge in [0.15, 0.2) is 0 Å². The number of para-hydroxylation sites is 1. The minimum Gasteiger partial charge on any atom is -0.355 e. The van der Waals surface area contributed by atoms with Gasteiger partial charge in [0, 0.05) is 21.3 Å². The maximum atomic E-state index is 12.7. The van der Waals surface area contributed by atoms with Crippen molar-refractivity contribution in [3.05, 3.63) is 129 Å². The predicted molar refractivity (Wildman–Crippen MR) is 149 cm³/mol. The van der Waals surface area contributed by atoms with E-state index in [2.05, 4.69) is 26.4 Å². The van der Waals surface area contributed by atoms with Crippen LogP contribution >= 0.6 is 23.2 Å². The van der Waals surface area contributed by atoms with E-state index >= 15 is 0 Å². The van der Waals surface area contributed by atoms with Gasteiger partial charge in [0.25, 0.3) is 11.8 Å². The Labute approximate surface area is 223 Å². The quantitative estimate of drug-likeness (QED) is 0.185. The number of benzene rings is 4. The molecule has 4 aromatic carbocycles. The third-order valence-corrected chi connectivity index (χ3v) is 5.60. The van der Waals surface area contributed by atoms with Crippen molar-refractivity contribution in [2.75, 3.05) is 5.32 Å². The molecule has 0 unspecified atom stereocenters. The lowest BCUT2D eigenvalue weighted by atomic mass is 10.1. The van der Waals surface area contributed by atoms with Crippen LogP contribution in [0.2, 0.25) is 10.0 Å². The van der Waals surface area contributed by atoms with Crippen LogP contribution < -0.4 is 16.2 Å². The van der Waals surface area contributed by atoms with Crippen LogP contribution in [-0.2, 0) is 0 Å². The van der Waals surface area contributed by atoms with Crippen molar-refractivity contribution >= 4 is 58.8 Å². The average molecular weight is 530 g/mol. The lowest BCUT2D eigenvalue weighted by Crippen LogP contribution is -2.19. The highest BCUT2D eigenvalue weighted by Crippen LogP contribution is 2.21. The minimum absolute atomic E-state index is 0.352. The predicted octanol–water partition coefficient (Wildman–Crippen LogP) is 6.26. The summed E-state index contributed by atoms with van der Waals surface area (Å²) in [5.74, 6) is -0.724. The number of nitrogens with one attached hydrogen (secondary N) is 3. The molecule has 0 bridgehead atoms. The van der Waals surface area contributed by atoms with Crippen LogP contribution in [0.3, 0.4) is 0 Å². The largest absolute Gasteiger partial charge is 0.355 e. The fourth-order valence-corrected chi connectivity index (χ4v) is 3.46. The maximum absolute atomic E-state index is 12.7. The summed E-state index contributed by atoms with van der Waals surface area (Å²) in [5.41, 5.74) is 8.77. The molecule has 184 valence electrons. The fourth-order valence-electron chi connectivity index (χ4n) is 3.20. The second-order valence-corrected chi connectivity index (χ2v) is 8.62. The summed E-state index contributed by atoms with van der Waals surface area (Å²) in [6.07, 6.45) is 3.07. The van der Waals surface area contributed by atoms with Crippen molar-refractivity contribution in [3.8, 4) is 0 Å². The van der Waals surface area contributed by atoms with Crippen LogP contribution in [0.25, 0.3) is 0 Å². The first-order valence-electron chi connectivity index (χ1n) is 11.1. The Hall–Kier alpha value is -4.46. The lowest BCUT2D eigenvalue weighted by molar-refractivity contribution is 0.0947. The SMILES string of the molecule is O=C(N/N=C/c1ccc(Cl)cc1)c1ccc(Nc2ccccc2C(=O)N/N=C/c2ccc(Cl)cc2)cc1. The molecule has 0 atom stereocenters. The highest BCUT2D eigenvalue weighted by atomic mass is 35.5. The number of halogens is 2. The van der Waals surface area contributed by atoms with Crippen molar-refractivity contribution in [3.63, 3.8) is 0 Å². The Bertz CT molecular complexity index is 1440. The zero-order chi connectivity index (χ0) is 26.0. The first kappa shape index (κ1) is 25.6. The smallest absolute Gasteiger partial charge is 0.273 e. The van der Waals surface area contributed by atoms with E-state index in [-0.39, 0.29) is 11.8 Å². The van der Waals surface area contributed by atoms with Crippen molar-refractivity contribution in [2.45, 2.75) is 0 Å². The van der Waals surface area contributed by atoms with Gasteiger partial charge in [-0.3, -0.25) is 9.59 Å². The van der Waals surface area contributed by atoms with Crippen LogP contribution in [-0.4, -0.2) is 24.2 Å². The molecule has 0 heterocycles. The molecule has 7 nitrogen and oxygen atoms in total. The van der Waals surface area contributed by atoms with Gasteiger partial charge in [-0.2, -0.15) is 10.2 Å². The van der Waals surface area contributed by atoms with Crippen LogP contribution in [0.4, 0.5) is 11.4 Å². The molecular weight excluding hydrogens is 509 g/mol. The Kier molecular flexibility index (Phi) is 8.65. The molecule has 0 aliphatic rings.